The molecule has 0 atom stereocenters. The molecule has 2 aromatic carbocycles. The van der Waals surface area contributed by atoms with Gasteiger partial charge in [0.2, 0.25) is 0 Å². The molecule has 2 aromatic rings. The molecular weight excluding hydrogens is 275 g/mol. The van der Waals surface area contributed by atoms with Gasteiger partial charge in [-0.05, 0) is 42.3 Å². The molecule has 0 saturated heterocycles. The first-order valence-corrected chi connectivity index (χ1v) is 7.04. The van der Waals surface area contributed by atoms with Crippen molar-refractivity contribution in [2.45, 2.75) is 17.6 Å². The molecule has 0 fully saturated rings. The summed E-state index contributed by atoms with van der Waals surface area (Å²) >= 11 is 1.63. The van der Waals surface area contributed by atoms with Crippen LogP contribution in [-0.2, 0) is 5.75 Å². The highest BCUT2D eigenvalue weighted by atomic mass is 32.2. The van der Waals surface area contributed by atoms with Crippen molar-refractivity contribution < 1.29 is 9.60 Å². The van der Waals surface area contributed by atoms with Gasteiger partial charge in [-0.1, -0.05) is 23.4 Å². The highest BCUT2D eigenvalue weighted by molar-refractivity contribution is 7.98. The lowest BCUT2D eigenvalue weighted by Crippen LogP contribution is -2.13. The zero-order valence-corrected chi connectivity index (χ0v) is 11.8. The van der Waals surface area contributed by atoms with Gasteiger partial charge in [-0.15, -0.1) is 11.8 Å². The Morgan fingerprint density at radius 3 is 2.75 bits per heavy atom. The molecule has 104 valence electrons. The molecule has 0 saturated carbocycles. The molecule has 0 aliphatic carbocycles. The number of oxime groups is 1. The van der Waals surface area contributed by atoms with Crippen molar-refractivity contribution in [1.82, 2.24) is 0 Å². The zero-order chi connectivity index (χ0) is 14.5. The summed E-state index contributed by atoms with van der Waals surface area (Å²) in [6.45, 7) is 2.04. The van der Waals surface area contributed by atoms with Gasteiger partial charge < -0.3 is 10.9 Å². The maximum Gasteiger partial charge on any atom is 0.170 e. The van der Waals surface area contributed by atoms with Crippen LogP contribution >= 0.6 is 11.8 Å². The molecule has 0 bridgehead atoms. The molecule has 0 spiro atoms. The third-order valence-electron chi connectivity index (χ3n) is 2.85. The summed E-state index contributed by atoms with van der Waals surface area (Å²) in [6.07, 6.45) is 0. The molecule has 0 aliphatic rings. The maximum atomic E-state index is 13.5. The molecule has 0 aromatic heterocycles. The van der Waals surface area contributed by atoms with Crippen molar-refractivity contribution in [1.29, 1.82) is 0 Å². The average molecular weight is 290 g/mol. The molecule has 0 aliphatic heterocycles. The van der Waals surface area contributed by atoms with Gasteiger partial charge in [-0.2, -0.15) is 0 Å². The number of benzene rings is 2. The SMILES string of the molecule is Cc1ccccc1SCc1cc(F)cc(/C(N)=N/O)c1. The Morgan fingerprint density at radius 1 is 1.30 bits per heavy atom. The van der Waals surface area contributed by atoms with E-state index in [0.717, 1.165) is 10.5 Å². The number of halogens is 1. The molecule has 5 heteroatoms. The molecule has 2 rings (SSSR count). The number of amidine groups is 1. The summed E-state index contributed by atoms with van der Waals surface area (Å²) in [6, 6.07) is 12.5. The van der Waals surface area contributed by atoms with Crippen molar-refractivity contribution >= 4 is 17.6 Å². The highest BCUT2D eigenvalue weighted by Gasteiger charge is 2.06. The second kappa shape index (κ2) is 6.43. The van der Waals surface area contributed by atoms with Crippen LogP contribution in [0.4, 0.5) is 4.39 Å². The Balaban J connectivity index is 2.18. The number of rotatable bonds is 4. The minimum Gasteiger partial charge on any atom is -0.409 e. The van der Waals surface area contributed by atoms with Crippen molar-refractivity contribution in [3.63, 3.8) is 0 Å². The van der Waals surface area contributed by atoms with Gasteiger partial charge in [0.15, 0.2) is 5.84 Å². The fourth-order valence-corrected chi connectivity index (χ4v) is 2.78. The molecule has 3 N–H and O–H groups in total. The van der Waals surface area contributed by atoms with E-state index < -0.39 is 5.82 Å². The molecular formula is C15H15FN2OS. The smallest absolute Gasteiger partial charge is 0.170 e. The summed E-state index contributed by atoms with van der Waals surface area (Å²) in [4.78, 5) is 1.15. The number of hydrogen-bond acceptors (Lipinski definition) is 3. The lowest BCUT2D eigenvalue weighted by molar-refractivity contribution is 0.318. The van der Waals surface area contributed by atoms with Gasteiger partial charge in [-0.25, -0.2) is 4.39 Å². The van der Waals surface area contributed by atoms with Gasteiger partial charge in [0.25, 0.3) is 0 Å². The van der Waals surface area contributed by atoms with E-state index in [9.17, 15) is 4.39 Å². The van der Waals surface area contributed by atoms with Crippen molar-refractivity contribution in [3.05, 3.63) is 65.0 Å². The third kappa shape index (κ3) is 3.51. The van der Waals surface area contributed by atoms with Crippen molar-refractivity contribution in [3.8, 4) is 0 Å². The number of hydrogen-bond donors (Lipinski definition) is 2. The van der Waals surface area contributed by atoms with Crippen molar-refractivity contribution in [2.24, 2.45) is 10.9 Å². The molecule has 3 nitrogen and oxygen atoms in total. The van der Waals surface area contributed by atoms with E-state index in [0.29, 0.717) is 11.3 Å². The van der Waals surface area contributed by atoms with Crippen LogP contribution in [0.3, 0.4) is 0 Å². The largest absolute Gasteiger partial charge is 0.409 e. The lowest BCUT2D eigenvalue weighted by atomic mass is 10.1. The number of thioether (sulfide) groups is 1. The van der Waals surface area contributed by atoms with Crippen LogP contribution in [0.15, 0.2) is 52.5 Å². The van der Waals surface area contributed by atoms with Crippen molar-refractivity contribution in [2.75, 3.05) is 0 Å². The molecule has 0 radical (unpaired) electrons. The molecule has 0 amide bonds. The van der Waals surface area contributed by atoms with Gasteiger partial charge in [-0.3, -0.25) is 0 Å². The predicted octanol–water partition coefficient (Wildman–Crippen LogP) is 3.52. The number of nitrogens with zero attached hydrogens (tertiary/aromatic N) is 1. The van der Waals surface area contributed by atoms with Crippen LogP contribution in [0.5, 0.6) is 0 Å². The van der Waals surface area contributed by atoms with E-state index in [1.165, 1.54) is 17.7 Å². The second-order valence-electron chi connectivity index (χ2n) is 4.39. The van der Waals surface area contributed by atoms with Gasteiger partial charge in [0.05, 0.1) is 0 Å². The van der Waals surface area contributed by atoms with Gasteiger partial charge in [0, 0.05) is 16.2 Å². The van der Waals surface area contributed by atoms with E-state index in [1.54, 1.807) is 17.8 Å². The Kier molecular flexibility index (Phi) is 4.63. The highest BCUT2D eigenvalue weighted by Crippen LogP contribution is 2.26. The standard InChI is InChI=1S/C15H15FN2OS/c1-10-4-2-3-5-14(10)20-9-11-6-12(15(17)18-19)8-13(16)7-11/h2-8,19H,9H2,1H3,(H2,17,18). The molecule has 0 unspecified atom stereocenters. The first-order chi connectivity index (χ1) is 9.60. The number of aryl methyl sites for hydroxylation is 1. The first kappa shape index (κ1) is 14.4. The minimum absolute atomic E-state index is 0.0911. The lowest BCUT2D eigenvalue weighted by Gasteiger charge is -2.07. The first-order valence-electron chi connectivity index (χ1n) is 6.06. The summed E-state index contributed by atoms with van der Waals surface area (Å²) in [5.74, 6) is 0.134. The van der Waals surface area contributed by atoms with Gasteiger partial charge in [0.1, 0.15) is 5.82 Å². The molecule has 0 heterocycles. The monoisotopic (exact) mass is 290 g/mol. The molecule has 20 heavy (non-hydrogen) atoms. The minimum atomic E-state index is -0.394. The van der Waals surface area contributed by atoms with E-state index in [2.05, 4.69) is 5.16 Å². The third-order valence-corrected chi connectivity index (χ3v) is 4.10. The van der Waals surface area contributed by atoms with Crippen LogP contribution in [0.1, 0.15) is 16.7 Å². The fraction of sp³-hybridized carbons (Fsp3) is 0.133. The van der Waals surface area contributed by atoms with E-state index in [4.69, 9.17) is 10.9 Å². The quantitative estimate of drug-likeness (QED) is 0.298. The Morgan fingerprint density at radius 2 is 2.05 bits per heavy atom. The fourth-order valence-electron chi connectivity index (χ4n) is 1.82. The Labute approximate surface area is 121 Å². The Bertz CT molecular complexity index is 644. The topological polar surface area (TPSA) is 58.6 Å². The van der Waals surface area contributed by atoms with Crippen LogP contribution in [-0.4, -0.2) is 11.0 Å². The Hall–Kier alpha value is -2.01. The van der Waals surface area contributed by atoms with E-state index in [-0.39, 0.29) is 5.84 Å². The normalized spacial score (nSPS) is 11.6. The summed E-state index contributed by atoms with van der Waals surface area (Å²) in [7, 11) is 0. The van der Waals surface area contributed by atoms with Crippen LogP contribution in [0.2, 0.25) is 0 Å². The van der Waals surface area contributed by atoms with Gasteiger partial charge >= 0.3 is 0 Å². The van der Waals surface area contributed by atoms with Crippen LogP contribution in [0, 0.1) is 12.7 Å². The predicted molar refractivity (Wildman–Crippen MR) is 79.7 cm³/mol. The number of nitrogens with two attached hydrogens (primary N) is 1. The van der Waals surface area contributed by atoms with Crippen LogP contribution < -0.4 is 5.73 Å². The summed E-state index contributed by atoms with van der Waals surface area (Å²) < 4.78 is 13.5. The van der Waals surface area contributed by atoms with E-state index >= 15 is 0 Å². The maximum absolute atomic E-state index is 13.5. The van der Waals surface area contributed by atoms with E-state index in [1.807, 2.05) is 31.2 Å². The summed E-state index contributed by atoms with van der Waals surface area (Å²) in [5.41, 5.74) is 7.85. The second-order valence-corrected chi connectivity index (χ2v) is 5.40. The zero-order valence-electron chi connectivity index (χ0n) is 11.0. The summed E-state index contributed by atoms with van der Waals surface area (Å²) in [5, 5.41) is 11.5. The van der Waals surface area contributed by atoms with Crippen LogP contribution in [0.25, 0.3) is 0 Å². The average Bonchev–Trinajstić information content (AvgIpc) is 2.45.